The third-order valence-electron chi connectivity index (χ3n) is 2.51. The number of alkyl halides is 1. The maximum absolute atomic E-state index is 13.1. The number of fused-ring (bicyclic) bond motifs is 1. The molecule has 0 aromatic heterocycles. The van der Waals surface area contributed by atoms with E-state index in [1.807, 2.05) is 0 Å². The van der Waals surface area contributed by atoms with Gasteiger partial charge in [0, 0.05) is 5.25 Å². The minimum absolute atomic E-state index is 0.272. The number of rotatable bonds is 1. The van der Waals surface area contributed by atoms with Gasteiger partial charge in [-0.3, -0.25) is 4.99 Å². The number of amidine groups is 1. The summed E-state index contributed by atoms with van der Waals surface area (Å²) in [5, 5.41) is 3.97. The summed E-state index contributed by atoms with van der Waals surface area (Å²) in [6, 6.07) is 0.272. The van der Waals surface area contributed by atoms with E-state index < -0.39 is 6.17 Å². The Labute approximate surface area is 87.0 Å². The maximum atomic E-state index is 13.1. The molecule has 1 saturated carbocycles. The average Bonchev–Trinajstić information content (AvgIpc) is 2.44. The Bertz CT molecular complexity index is 279. The summed E-state index contributed by atoms with van der Waals surface area (Å²) >= 11 is 1.58. The molecule has 0 amide bonds. The van der Waals surface area contributed by atoms with Gasteiger partial charge in [0.25, 0.3) is 0 Å². The summed E-state index contributed by atoms with van der Waals surface area (Å²) in [7, 11) is 0. The zero-order valence-electron chi connectivity index (χ0n) is 7.87. The Morgan fingerprint density at radius 2 is 2.43 bits per heavy atom. The van der Waals surface area contributed by atoms with Crippen LogP contribution in [0.15, 0.2) is 17.4 Å². The van der Waals surface area contributed by atoms with Gasteiger partial charge in [-0.2, -0.15) is 0 Å². The van der Waals surface area contributed by atoms with Crippen LogP contribution in [0, 0.1) is 0 Å². The normalized spacial score (nSPS) is 36.1. The number of aliphatic imine (C=N–C) groups is 1. The Morgan fingerprint density at radius 1 is 1.64 bits per heavy atom. The van der Waals surface area contributed by atoms with E-state index in [0.29, 0.717) is 23.9 Å². The van der Waals surface area contributed by atoms with Crippen LogP contribution >= 0.6 is 11.8 Å². The number of nitrogens with two attached hydrogens (primary N) is 1. The van der Waals surface area contributed by atoms with E-state index in [1.165, 1.54) is 0 Å². The molecule has 3 unspecified atom stereocenters. The van der Waals surface area contributed by atoms with Crippen LogP contribution in [0.4, 0.5) is 4.39 Å². The highest BCUT2D eigenvalue weighted by molar-refractivity contribution is 8.14. The molecule has 2 aliphatic rings. The summed E-state index contributed by atoms with van der Waals surface area (Å²) in [4.78, 5) is 4.45. The molecule has 1 aliphatic carbocycles. The van der Waals surface area contributed by atoms with Gasteiger partial charge in [0.15, 0.2) is 5.17 Å². The van der Waals surface area contributed by atoms with Gasteiger partial charge in [0.2, 0.25) is 0 Å². The Kier molecular flexibility index (Phi) is 2.67. The van der Waals surface area contributed by atoms with Crippen LogP contribution in [0.5, 0.6) is 0 Å². The Morgan fingerprint density at radius 3 is 3.14 bits per heavy atom. The van der Waals surface area contributed by atoms with Gasteiger partial charge in [-0.25, -0.2) is 4.39 Å². The summed E-state index contributed by atoms with van der Waals surface area (Å²) < 4.78 is 13.1. The molecule has 1 fully saturated rings. The molecule has 0 aromatic carbocycles. The predicted octanol–water partition coefficient (Wildman–Crippen LogP) is 1.37. The van der Waals surface area contributed by atoms with Gasteiger partial charge in [0.05, 0.1) is 11.9 Å². The molecule has 78 valence electrons. The smallest absolute Gasteiger partial charge is 0.162 e. The van der Waals surface area contributed by atoms with Crippen molar-refractivity contribution in [2.45, 2.75) is 36.7 Å². The molecule has 0 spiro atoms. The lowest BCUT2D eigenvalue weighted by Gasteiger charge is -2.24. The van der Waals surface area contributed by atoms with Crippen molar-refractivity contribution in [3.8, 4) is 0 Å². The molecular weight excluding hydrogens is 201 g/mol. The molecule has 2 rings (SSSR count). The molecular formula is C9H14FN3S. The number of nitrogens with one attached hydrogen (secondary N) is 1. The van der Waals surface area contributed by atoms with E-state index in [1.54, 1.807) is 11.8 Å². The largest absolute Gasteiger partial charge is 0.386 e. The van der Waals surface area contributed by atoms with Gasteiger partial charge < -0.3 is 11.1 Å². The van der Waals surface area contributed by atoms with E-state index in [-0.39, 0.29) is 6.04 Å². The first-order valence-electron chi connectivity index (χ1n) is 4.75. The SMILES string of the molecule is C=C(N)NC1=NC2CCC(F)CC2S1. The van der Waals surface area contributed by atoms with E-state index >= 15 is 0 Å². The molecule has 0 saturated heterocycles. The first-order chi connectivity index (χ1) is 6.65. The van der Waals surface area contributed by atoms with Crippen molar-refractivity contribution in [2.75, 3.05) is 0 Å². The van der Waals surface area contributed by atoms with Gasteiger partial charge in [-0.15, -0.1) is 0 Å². The Hall–Kier alpha value is -0.710. The molecule has 1 aliphatic heterocycles. The summed E-state index contributed by atoms with van der Waals surface area (Å²) in [6.07, 6.45) is 1.45. The van der Waals surface area contributed by atoms with E-state index in [4.69, 9.17) is 5.73 Å². The predicted molar refractivity (Wildman–Crippen MR) is 57.8 cm³/mol. The minimum Gasteiger partial charge on any atom is -0.386 e. The van der Waals surface area contributed by atoms with Crippen molar-refractivity contribution in [1.82, 2.24) is 5.32 Å². The number of hydrogen-bond donors (Lipinski definition) is 2. The van der Waals surface area contributed by atoms with E-state index in [9.17, 15) is 4.39 Å². The van der Waals surface area contributed by atoms with Crippen molar-refractivity contribution in [3.63, 3.8) is 0 Å². The maximum Gasteiger partial charge on any atom is 0.162 e. The fourth-order valence-electron chi connectivity index (χ4n) is 1.86. The highest BCUT2D eigenvalue weighted by Crippen LogP contribution is 2.37. The zero-order valence-corrected chi connectivity index (χ0v) is 8.69. The molecule has 3 atom stereocenters. The molecule has 0 aromatic rings. The molecule has 3 N–H and O–H groups in total. The van der Waals surface area contributed by atoms with Crippen LogP contribution in [-0.4, -0.2) is 22.6 Å². The highest BCUT2D eigenvalue weighted by atomic mass is 32.2. The molecule has 1 heterocycles. The van der Waals surface area contributed by atoms with Gasteiger partial charge >= 0.3 is 0 Å². The van der Waals surface area contributed by atoms with Gasteiger partial charge in [-0.1, -0.05) is 18.3 Å². The van der Waals surface area contributed by atoms with Crippen molar-refractivity contribution in [2.24, 2.45) is 10.7 Å². The van der Waals surface area contributed by atoms with Crippen molar-refractivity contribution < 1.29 is 4.39 Å². The lowest BCUT2D eigenvalue weighted by atomic mass is 9.94. The first kappa shape index (κ1) is 9.83. The lowest BCUT2D eigenvalue weighted by molar-refractivity contribution is 0.244. The number of nitrogens with zero attached hydrogens (tertiary/aromatic N) is 1. The van der Waals surface area contributed by atoms with Crippen LogP contribution in [0.25, 0.3) is 0 Å². The second-order valence-corrected chi connectivity index (χ2v) is 4.95. The van der Waals surface area contributed by atoms with Gasteiger partial charge in [0.1, 0.15) is 6.17 Å². The van der Waals surface area contributed by atoms with Crippen LogP contribution < -0.4 is 11.1 Å². The topological polar surface area (TPSA) is 50.4 Å². The number of halogens is 1. The summed E-state index contributed by atoms with van der Waals surface area (Å²) in [5.41, 5.74) is 5.42. The van der Waals surface area contributed by atoms with Crippen LogP contribution in [0.2, 0.25) is 0 Å². The average molecular weight is 215 g/mol. The zero-order chi connectivity index (χ0) is 10.1. The summed E-state index contributed by atoms with van der Waals surface area (Å²) in [6.45, 7) is 3.55. The first-order valence-corrected chi connectivity index (χ1v) is 5.63. The highest BCUT2D eigenvalue weighted by Gasteiger charge is 2.36. The second kappa shape index (κ2) is 3.81. The minimum atomic E-state index is -0.653. The van der Waals surface area contributed by atoms with Crippen molar-refractivity contribution >= 4 is 16.9 Å². The van der Waals surface area contributed by atoms with Crippen LogP contribution in [-0.2, 0) is 0 Å². The van der Waals surface area contributed by atoms with Gasteiger partial charge in [-0.05, 0) is 19.3 Å². The number of hydrogen-bond acceptors (Lipinski definition) is 4. The standard InChI is InChI=1S/C9H14FN3S/c1-5(11)12-9-13-7-3-2-6(10)4-8(7)14-9/h6-8H,1-4,11H2,(H,12,13). The monoisotopic (exact) mass is 215 g/mol. The quantitative estimate of drug-likeness (QED) is 0.694. The fourth-order valence-corrected chi connectivity index (χ4v) is 3.19. The molecule has 0 bridgehead atoms. The summed E-state index contributed by atoms with van der Waals surface area (Å²) in [5.74, 6) is 0.395. The van der Waals surface area contributed by atoms with Crippen LogP contribution in [0.1, 0.15) is 19.3 Å². The van der Waals surface area contributed by atoms with Crippen molar-refractivity contribution in [1.29, 1.82) is 0 Å². The molecule has 3 nitrogen and oxygen atoms in total. The molecule has 5 heteroatoms. The molecule has 0 radical (unpaired) electrons. The van der Waals surface area contributed by atoms with E-state index in [0.717, 1.165) is 11.6 Å². The third kappa shape index (κ3) is 2.03. The van der Waals surface area contributed by atoms with Crippen molar-refractivity contribution in [3.05, 3.63) is 12.4 Å². The number of thioether (sulfide) groups is 1. The molecule has 14 heavy (non-hydrogen) atoms. The fraction of sp³-hybridized carbons (Fsp3) is 0.667. The lowest BCUT2D eigenvalue weighted by Crippen LogP contribution is -2.28. The third-order valence-corrected chi connectivity index (χ3v) is 3.75. The van der Waals surface area contributed by atoms with E-state index in [2.05, 4.69) is 16.9 Å². The second-order valence-electron chi connectivity index (χ2n) is 3.72. The van der Waals surface area contributed by atoms with Crippen LogP contribution in [0.3, 0.4) is 0 Å². The Balaban J connectivity index is 1.96.